The highest BCUT2D eigenvalue weighted by Gasteiger charge is 2.71. The standard InChI is InChI=1S/C17H28O4Si/c1-15(2,3)22(6,7)21-17-9-8-16(4,20-17)13-11(18)10-12(19-5)14(13)17/h8-9,12-14H,10H2,1-7H3/t12-,13-,14+,16+,17+/m1/s1. The highest BCUT2D eigenvalue weighted by molar-refractivity contribution is 6.74. The van der Waals surface area contributed by atoms with Gasteiger partial charge in [0.1, 0.15) is 5.78 Å². The van der Waals surface area contributed by atoms with Crippen LogP contribution in [0, 0.1) is 11.8 Å². The molecule has 5 atom stereocenters. The number of ketones is 1. The predicted octanol–water partition coefficient (Wildman–Crippen LogP) is 3.28. The van der Waals surface area contributed by atoms with Crippen LogP contribution in [-0.2, 0) is 18.7 Å². The van der Waals surface area contributed by atoms with Crippen molar-refractivity contribution in [2.45, 2.75) is 69.7 Å². The molecule has 0 amide bonds. The van der Waals surface area contributed by atoms with E-state index in [4.69, 9.17) is 13.9 Å². The summed E-state index contributed by atoms with van der Waals surface area (Å²) < 4.78 is 18.7. The van der Waals surface area contributed by atoms with Crippen LogP contribution in [0.4, 0.5) is 0 Å². The third kappa shape index (κ3) is 2.02. The fourth-order valence-corrected chi connectivity index (χ4v) is 5.33. The number of hydrogen-bond donors (Lipinski definition) is 0. The Morgan fingerprint density at radius 3 is 2.50 bits per heavy atom. The average molecular weight is 324 g/mol. The second-order valence-electron chi connectivity index (χ2n) is 8.65. The lowest BCUT2D eigenvalue weighted by atomic mass is 9.76. The smallest absolute Gasteiger partial charge is 0.196 e. The topological polar surface area (TPSA) is 44.8 Å². The molecule has 22 heavy (non-hydrogen) atoms. The second kappa shape index (κ2) is 4.53. The van der Waals surface area contributed by atoms with E-state index in [-0.39, 0.29) is 28.8 Å². The quantitative estimate of drug-likeness (QED) is 0.590. The Balaban J connectivity index is 2.00. The molecule has 0 N–H and O–H groups in total. The average Bonchev–Trinajstić information content (AvgIpc) is 2.94. The fourth-order valence-electron chi connectivity index (χ4n) is 3.98. The molecule has 0 unspecified atom stereocenters. The zero-order chi connectivity index (χ0) is 16.6. The predicted molar refractivity (Wildman–Crippen MR) is 87.0 cm³/mol. The van der Waals surface area contributed by atoms with Crippen molar-refractivity contribution in [1.29, 1.82) is 0 Å². The van der Waals surface area contributed by atoms with Crippen molar-refractivity contribution in [2.75, 3.05) is 7.11 Å². The maximum absolute atomic E-state index is 12.5. The molecule has 3 aliphatic rings. The zero-order valence-corrected chi connectivity index (χ0v) is 15.7. The molecule has 0 spiro atoms. The van der Waals surface area contributed by atoms with Crippen molar-refractivity contribution in [3.63, 3.8) is 0 Å². The van der Waals surface area contributed by atoms with Crippen LogP contribution in [0.2, 0.25) is 18.1 Å². The van der Waals surface area contributed by atoms with E-state index in [1.54, 1.807) is 7.11 Å². The van der Waals surface area contributed by atoms with E-state index in [2.05, 4.69) is 33.9 Å². The van der Waals surface area contributed by atoms with Gasteiger partial charge in [-0.15, -0.1) is 0 Å². The minimum absolute atomic E-state index is 0.0332. The van der Waals surface area contributed by atoms with Gasteiger partial charge in [-0.05, 0) is 31.1 Å². The lowest BCUT2D eigenvalue weighted by Gasteiger charge is -2.44. The maximum Gasteiger partial charge on any atom is 0.196 e. The number of hydrogen-bond acceptors (Lipinski definition) is 4. The van der Waals surface area contributed by atoms with Crippen LogP contribution in [0.15, 0.2) is 12.2 Å². The first kappa shape index (κ1) is 16.4. The number of Topliss-reactive ketones (excluding diaryl/α,β-unsaturated/α-hetero) is 1. The Kier molecular flexibility index (Phi) is 3.37. The summed E-state index contributed by atoms with van der Waals surface area (Å²) >= 11 is 0. The summed E-state index contributed by atoms with van der Waals surface area (Å²) in [7, 11) is -0.358. The van der Waals surface area contributed by atoms with Gasteiger partial charge < -0.3 is 13.9 Å². The van der Waals surface area contributed by atoms with E-state index in [1.807, 2.05) is 19.1 Å². The van der Waals surface area contributed by atoms with E-state index < -0.39 is 19.7 Å². The summed E-state index contributed by atoms with van der Waals surface area (Å²) in [6.07, 6.45) is 4.42. The Hall–Kier alpha value is -0.493. The molecule has 0 radical (unpaired) electrons. The number of fused-ring (bicyclic) bond motifs is 5. The monoisotopic (exact) mass is 324 g/mol. The van der Waals surface area contributed by atoms with Crippen LogP contribution in [0.1, 0.15) is 34.1 Å². The minimum Gasteiger partial charge on any atom is -0.387 e. The number of rotatable bonds is 3. The second-order valence-corrected chi connectivity index (χ2v) is 13.4. The molecule has 1 saturated carbocycles. The molecular weight excluding hydrogens is 296 g/mol. The molecule has 0 aromatic rings. The molecule has 2 aliphatic heterocycles. The Labute approximate surface area is 134 Å². The van der Waals surface area contributed by atoms with Gasteiger partial charge in [-0.25, -0.2) is 0 Å². The van der Waals surface area contributed by atoms with E-state index in [9.17, 15) is 4.79 Å². The lowest BCUT2D eigenvalue weighted by Crippen LogP contribution is -2.53. The SMILES string of the molecule is CO[C@@H]1CC(=O)[C@@H]2[C@H]1[C@@]1(O[Si](C)(C)C(C)(C)C)C=C[C@]2(C)O1. The third-order valence-electron chi connectivity index (χ3n) is 6.14. The van der Waals surface area contributed by atoms with Crippen LogP contribution < -0.4 is 0 Å². The molecule has 5 heteroatoms. The number of carbonyl (C=O) groups is 1. The molecule has 1 aliphatic carbocycles. The summed E-state index contributed by atoms with van der Waals surface area (Å²) in [5.74, 6) is -0.735. The Morgan fingerprint density at radius 2 is 1.95 bits per heavy atom. The van der Waals surface area contributed by atoms with Gasteiger partial charge >= 0.3 is 0 Å². The molecule has 2 bridgehead atoms. The van der Waals surface area contributed by atoms with E-state index >= 15 is 0 Å². The molecule has 2 fully saturated rings. The van der Waals surface area contributed by atoms with Gasteiger partial charge in [0.25, 0.3) is 0 Å². The van der Waals surface area contributed by atoms with Crippen LogP contribution in [0.5, 0.6) is 0 Å². The van der Waals surface area contributed by atoms with Gasteiger partial charge in [-0.2, -0.15) is 0 Å². The Bertz CT molecular complexity index is 535. The van der Waals surface area contributed by atoms with Gasteiger partial charge in [0.05, 0.1) is 23.5 Å². The van der Waals surface area contributed by atoms with Crippen LogP contribution in [0.25, 0.3) is 0 Å². The van der Waals surface area contributed by atoms with Crippen molar-refractivity contribution in [3.8, 4) is 0 Å². The first-order valence-electron chi connectivity index (χ1n) is 8.12. The molecule has 3 rings (SSSR count). The number of ether oxygens (including phenoxy) is 2. The number of carbonyl (C=O) groups excluding carboxylic acids is 1. The Morgan fingerprint density at radius 1 is 1.32 bits per heavy atom. The highest BCUT2D eigenvalue weighted by Crippen LogP contribution is 2.61. The molecule has 2 heterocycles. The van der Waals surface area contributed by atoms with Gasteiger partial charge in [0.15, 0.2) is 14.1 Å². The van der Waals surface area contributed by atoms with Crippen molar-refractivity contribution < 1.29 is 18.7 Å². The molecule has 124 valence electrons. The third-order valence-corrected chi connectivity index (χ3v) is 10.6. The van der Waals surface area contributed by atoms with Crippen LogP contribution in [-0.4, -0.2) is 38.7 Å². The largest absolute Gasteiger partial charge is 0.387 e. The first-order valence-corrected chi connectivity index (χ1v) is 11.0. The van der Waals surface area contributed by atoms with Crippen LogP contribution >= 0.6 is 0 Å². The maximum atomic E-state index is 12.5. The molecular formula is C17H28O4Si. The molecule has 4 nitrogen and oxygen atoms in total. The van der Waals surface area contributed by atoms with Gasteiger partial charge in [0.2, 0.25) is 0 Å². The van der Waals surface area contributed by atoms with Gasteiger partial charge in [0, 0.05) is 13.5 Å². The summed E-state index contributed by atoms with van der Waals surface area (Å²) in [5, 5.41) is 0.0845. The summed E-state index contributed by atoms with van der Waals surface area (Å²) in [4.78, 5) is 12.5. The normalized spacial score (nSPS) is 44.0. The number of methoxy groups -OCH3 is 1. The van der Waals surface area contributed by atoms with E-state index in [0.717, 1.165) is 0 Å². The van der Waals surface area contributed by atoms with Crippen LogP contribution in [0.3, 0.4) is 0 Å². The zero-order valence-electron chi connectivity index (χ0n) is 14.7. The fraction of sp³-hybridized carbons (Fsp3) is 0.824. The van der Waals surface area contributed by atoms with E-state index in [0.29, 0.717) is 6.42 Å². The highest BCUT2D eigenvalue weighted by atomic mass is 28.4. The molecule has 0 aromatic heterocycles. The van der Waals surface area contributed by atoms with Crippen molar-refractivity contribution in [1.82, 2.24) is 0 Å². The van der Waals surface area contributed by atoms with Gasteiger partial charge in [-0.3, -0.25) is 4.79 Å². The summed E-state index contributed by atoms with van der Waals surface area (Å²) in [5.41, 5.74) is -0.544. The molecule has 1 saturated heterocycles. The summed E-state index contributed by atoms with van der Waals surface area (Å²) in [6, 6.07) is 0. The van der Waals surface area contributed by atoms with E-state index in [1.165, 1.54) is 0 Å². The van der Waals surface area contributed by atoms with Gasteiger partial charge in [-0.1, -0.05) is 26.8 Å². The van der Waals surface area contributed by atoms with Crippen molar-refractivity contribution in [2.24, 2.45) is 11.8 Å². The van der Waals surface area contributed by atoms with Crippen molar-refractivity contribution in [3.05, 3.63) is 12.2 Å². The summed E-state index contributed by atoms with van der Waals surface area (Å²) in [6.45, 7) is 13.1. The minimum atomic E-state index is -2.04. The molecule has 0 aromatic carbocycles. The first-order chi connectivity index (χ1) is 9.96. The lowest BCUT2D eigenvalue weighted by molar-refractivity contribution is -0.181. The van der Waals surface area contributed by atoms with Crippen molar-refractivity contribution >= 4 is 14.1 Å².